The molecule has 1 aromatic carbocycles. The number of rotatable bonds is 5. The average molecular weight is 401 g/mol. The second-order valence-corrected chi connectivity index (χ2v) is 6.33. The van der Waals surface area contributed by atoms with Gasteiger partial charge in [0.25, 0.3) is 0 Å². The summed E-state index contributed by atoms with van der Waals surface area (Å²) in [5.41, 5.74) is 1.30. The molecule has 1 heterocycles. The van der Waals surface area contributed by atoms with Crippen molar-refractivity contribution in [3.63, 3.8) is 0 Å². The highest BCUT2D eigenvalue weighted by atomic mass is 127. The van der Waals surface area contributed by atoms with E-state index in [2.05, 4.69) is 67.6 Å². The predicted molar refractivity (Wildman–Crippen MR) is 101 cm³/mol. The third-order valence-corrected chi connectivity index (χ3v) is 4.16. The molecule has 4 heteroatoms. The Hall–Kier alpha value is -0.780. The Kier molecular flexibility index (Phi) is 7.49. The molecule has 0 radical (unpaired) electrons. The monoisotopic (exact) mass is 401 g/mol. The largest absolute Gasteiger partial charge is 0.356 e. The maximum Gasteiger partial charge on any atom is 0.191 e. The number of aliphatic imine (C=N–C) groups is 1. The van der Waals surface area contributed by atoms with Gasteiger partial charge in [0, 0.05) is 6.54 Å². The van der Waals surface area contributed by atoms with Crippen molar-refractivity contribution in [2.45, 2.75) is 33.7 Å². The van der Waals surface area contributed by atoms with Gasteiger partial charge in [-0.25, -0.2) is 0 Å². The van der Waals surface area contributed by atoms with Crippen molar-refractivity contribution < 1.29 is 0 Å². The van der Waals surface area contributed by atoms with Crippen LogP contribution in [0.15, 0.2) is 35.3 Å². The lowest BCUT2D eigenvalue weighted by atomic mass is 9.85. The minimum Gasteiger partial charge on any atom is -0.356 e. The van der Waals surface area contributed by atoms with Gasteiger partial charge in [-0.1, -0.05) is 58.0 Å². The molecular formula is C17H28IN3. The Labute approximate surface area is 146 Å². The van der Waals surface area contributed by atoms with Crippen molar-refractivity contribution in [1.82, 2.24) is 10.6 Å². The van der Waals surface area contributed by atoms with Crippen LogP contribution < -0.4 is 10.6 Å². The van der Waals surface area contributed by atoms with Gasteiger partial charge in [0.05, 0.1) is 12.6 Å². The van der Waals surface area contributed by atoms with Crippen LogP contribution in [-0.4, -0.2) is 19.0 Å². The third-order valence-electron chi connectivity index (χ3n) is 4.16. The zero-order valence-corrected chi connectivity index (χ0v) is 15.8. The number of nitrogens with one attached hydrogen (secondary N) is 2. The van der Waals surface area contributed by atoms with Gasteiger partial charge in [-0.05, 0) is 23.3 Å². The molecule has 3 nitrogen and oxygen atoms in total. The molecular weight excluding hydrogens is 373 g/mol. The van der Waals surface area contributed by atoms with E-state index in [4.69, 9.17) is 0 Å². The van der Waals surface area contributed by atoms with E-state index in [0.29, 0.717) is 23.8 Å². The van der Waals surface area contributed by atoms with Gasteiger partial charge >= 0.3 is 0 Å². The summed E-state index contributed by atoms with van der Waals surface area (Å²) in [4.78, 5) is 4.58. The van der Waals surface area contributed by atoms with Crippen LogP contribution in [0.3, 0.4) is 0 Å². The van der Waals surface area contributed by atoms with Crippen molar-refractivity contribution in [2.75, 3.05) is 13.1 Å². The second kappa shape index (κ2) is 8.61. The van der Waals surface area contributed by atoms with E-state index < -0.39 is 0 Å². The van der Waals surface area contributed by atoms with E-state index in [9.17, 15) is 0 Å². The second-order valence-electron chi connectivity index (χ2n) is 6.33. The summed E-state index contributed by atoms with van der Waals surface area (Å²) in [6.07, 6.45) is 0. The Balaban J connectivity index is 0.00000220. The quantitative estimate of drug-likeness (QED) is 0.736. The van der Waals surface area contributed by atoms with Crippen LogP contribution in [-0.2, 0) is 0 Å². The van der Waals surface area contributed by atoms with Crippen molar-refractivity contribution in [2.24, 2.45) is 22.7 Å². The smallest absolute Gasteiger partial charge is 0.191 e. The first-order chi connectivity index (χ1) is 9.58. The highest BCUT2D eigenvalue weighted by molar-refractivity contribution is 14.0. The first kappa shape index (κ1) is 18.3. The predicted octanol–water partition coefficient (Wildman–Crippen LogP) is 3.82. The average Bonchev–Trinajstić information content (AvgIpc) is 2.88. The lowest BCUT2D eigenvalue weighted by Crippen LogP contribution is -2.40. The first-order valence-corrected chi connectivity index (χ1v) is 7.67. The fourth-order valence-corrected chi connectivity index (χ4v) is 2.88. The van der Waals surface area contributed by atoms with E-state index in [0.717, 1.165) is 19.0 Å². The Morgan fingerprint density at radius 3 is 2.33 bits per heavy atom. The molecule has 2 N–H and O–H groups in total. The summed E-state index contributed by atoms with van der Waals surface area (Å²) in [7, 11) is 0. The summed E-state index contributed by atoms with van der Waals surface area (Å²) in [5.74, 6) is 3.00. The van der Waals surface area contributed by atoms with Crippen LogP contribution in [0.4, 0.5) is 0 Å². The van der Waals surface area contributed by atoms with Crippen molar-refractivity contribution >= 4 is 29.9 Å². The molecule has 21 heavy (non-hydrogen) atoms. The molecule has 0 saturated heterocycles. The zero-order valence-electron chi connectivity index (χ0n) is 13.5. The first-order valence-electron chi connectivity index (χ1n) is 7.67. The number of guanidine groups is 1. The third kappa shape index (κ3) is 5.16. The molecule has 0 aliphatic carbocycles. The lowest BCUT2D eigenvalue weighted by Gasteiger charge is -2.25. The fraction of sp³-hybridized carbons (Fsp3) is 0.588. The van der Waals surface area contributed by atoms with Gasteiger partial charge in [-0.3, -0.25) is 4.99 Å². The summed E-state index contributed by atoms with van der Waals surface area (Å²) in [6.45, 7) is 11.0. The molecule has 1 aromatic rings. The van der Waals surface area contributed by atoms with Crippen LogP contribution >= 0.6 is 24.0 Å². The molecule has 1 aliphatic rings. The summed E-state index contributed by atoms with van der Waals surface area (Å²) < 4.78 is 0. The van der Waals surface area contributed by atoms with Gasteiger partial charge in [0.15, 0.2) is 5.96 Å². The van der Waals surface area contributed by atoms with Crippen molar-refractivity contribution in [3.8, 4) is 0 Å². The SMILES string of the molecule is CC(C)C(CNC1=NCC(c2ccccc2)N1)C(C)C.I. The number of benzene rings is 1. The van der Waals surface area contributed by atoms with Gasteiger partial charge in [0.1, 0.15) is 0 Å². The van der Waals surface area contributed by atoms with Crippen LogP contribution in [0.25, 0.3) is 0 Å². The number of hydrogen-bond acceptors (Lipinski definition) is 3. The molecule has 1 aliphatic heterocycles. The molecule has 0 fully saturated rings. The van der Waals surface area contributed by atoms with E-state index in [1.54, 1.807) is 0 Å². The minimum absolute atomic E-state index is 0. The van der Waals surface area contributed by atoms with Gasteiger partial charge in [0.2, 0.25) is 0 Å². The highest BCUT2D eigenvalue weighted by Gasteiger charge is 2.21. The molecule has 118 valence electrons. The maximum absolute atomic E-state index is 4.58. The molecule has 0 bridgehead atoms. The van der Waals surface area contributed by atoms with Gasteiger partial charge in [-0.15, -0.1) is 24.0 Å². The van der Waals surface area contributed by atoms with Gasteiger partial charge < -0.3 is 10.6 Å². The molecule has 0 spiro atoms. The van der Waals surface area contributed by atoms with Crippen LogP contribution in [0, 0.1) is 17.8 Å². The molecule has 0 amide bonds. The maximum atomic E-state index is 4.58. The summed E-state index contributed by atoms with van der Waals surface area (Å²) in [5, 5.41) is 6.96. The highest BCUT2D eigenvalue weighted by Crippen LogP contribution is 2.20. The molecule has 2 rings (SSSR count). The molecule has 1 unspecified atom stereocenters. The minimum atomic E-state index is 0. The van der Waals surface area contributed by atoms with Crippen LogP contribution in [0.1, 0.15) is 39.3 Å². The molecule has 1 atom stereocenters. The van der Waals surface area contributed by atoms with E-state index in [-0.39, 0.29) is 24.0 Å². The number of nitrogens with zero attached hydrogens (tertiary/aromatic N) is 1. The van der Waals surface area contributed by atoms with Gasteiger partial charge in [-0.2, -0.15) is 0 Å². The fourth-order valence-electron chi connectivity index (χ4n) is 2.88. The van der Waals surface area contributed by atoms with E-state index in [1.807, 2.05) is 6.07 Å². The number of hydrogen-bond donors (Lipinski definition) is 2. The summed E-state index contributed by atoms with van der Waals surface area (Å²) >= 11 is 0. The Morgan fingerprint density at radius 1 is 1.14 bits per heavy atom. The lowest BCUT2D eigenvalue weighted by molar-refractivity contribution is 0.287. The Bertz CT molecular complexity index is 435. The van der Waals surface area contributed by atoms with E-state index >= 15 is 0 Å². The normalized spacial score (nSPS) is 17.7. The van der Waals surface area contributed by atoms with E-state index in [1.165, 1.54) is 5.56 Å². The zero-order chi connectivity index (χ0) is 14.5. The Morgan fingerprint density at radius 2 is 1.76 bits per heavy atom. The topological polar surface area (TPSA) is 36.4 Å². The summed E-state index contributed by atoms with van der Waals surface area (Å²) in [6, 6.07) is 10.8. The van der Waals surface area contributed by atoms with Crippen LogP contribution in [0.5, 0.6) is 0 Å². The molecule has 0 aromatic heterocycles. The number of halogens is 1. The van der Waals surface area contributed by atoms with Crippen molar-refractivity contribution in [3.05, 3.63) is 35.9 Å². The standard InChI is InChI=1S/C17H27N3.HI/c1-12(2)15(13(3)4)10-18-17-19-11-16(20-17)14-8-6-5-7-9-14;/h5-9,12-13,15-16H,10-11H2,1-4H3,(H2,18,19,20);1H. The van der Waals surface area contributed by atoms with Crippen LogP contribution in [0.2, 0.25) is 0 Å². The molecule has 0 saturated carbocycles. The van der Waals surface area contributed by atoms with Crippen molar-refractivity contribution in [1.29, 1.82) is 0 Å².